The summed E-state index contributed by atoms with van der Waals surface area (Å²) in [5.74, 6) is -0.293. The van der Waals surface area contributed by atoms with Crippen LogP contribution in [0.25, 0.3) is 0 Å². The van der Waals surface area contributed by atoms with Crippen LogP contribution in [0.1, 0.15) is 28.5 Å². The lowest BCUT2D eigenvalue weighted by Gasteiger charge is -2.40. The Bertz CT molecular complexity index is 886. The van der Waals surface area contributed by atoms with Crippen LogP contribution in [0.2, 0.25) is 0 Å². The molecule has 0 radical (unpaired) electrons. The molecule has 28 heavy (non-hydrogen) atoms. The first-order chi connectivity index (χ1) is 13.6. The number of carbonyl (C=O) groups is 1. The highest BCUT2D eigenvalue weighted by Gasteiger charge is 2.28. The number of halogens is 1. The van der Waals surface area contributed by atoms with Crippen LogP contribution < -0.4 is 9.80 Å². The third-order valence-corrected chi connectivity index (χ3v) is 5.22. The van der Waals surface area contributed by atoms with Crippen molar-refractivity contribution in [1.29, 1.82) is 0 Å². The van der Waals surface area contributed by atoms with Crippen LogP contribution in [-0.2, 0) is 22.4 Å². The van der Waals surface area contributed by atoms with Crippen LogP contribution in [0.5, 0.6) is 0 Å². The summed E-state index contributed by atoms with van der Waals surface area (Å²) in [5.41, 5.74) is 3.22. The molecule has 0 unspecified atom stereocenters. The van der Waals surface area contributed by atoms with Crippen molar-refractivity contribution in [1.82, 2.24) is 9.97 Å². The van der Waals surface area contributed by atoms with Gasteiger partial charge in [-0.25, -0.2) is 14.8 Å². The standard InChI is InChI=1S/C20H23FN4O3/c1-3-28-20(26)17-6-13-4-5-24(10-14(13)9-22-17)19-8-15(7-18(21)23-19)25-11-16(12-25)27-2/h6-9,16H,3-5,10-12H2,1-2H3. The van der Waals surface area contributed by atoms with Crippen LogP contribution in [0.15, 0.2) is 24.4 Å². The maximum atomic E-state index is 14.1. The molecule has 4 heterocycles. The van der Waals surface area contributed by atoms with Crippen molar-refractivity contribution in [2.24, 2.45) is 0 Å². The van der Waals surface area contributed by atoms with Gasteiger partial charge in [-0.05, 0) is 30.5 Å². The van der Waals surface area contributed by atoms with Gasteiger partial charge >= 0.3 is 5.97 Å². The van der Waals surface area contributed by atoms with E-state index in [1.807, 2.05) is 11.0 Å². The average Bonchev–Trinajstić information content (AvgIpc) is 2.66. The number of hydrogen-bond acceptors (Lipinski definition) is 7. The molecule has 0 spiro atoms. The molecule has 1 fully saturated rings. The lowest BCUT2D eigenvalue weighted by molar-refractivity contribution is 0.0519. The normalized spacial score (nSPS) is 16.5. The summed E-state index contributed by atoms with van der Waals surface area (Å²) in [6.45, 7) is 4.86. The number of nitrogens with zero attached hydrogens (tertiary/aromatic N) is 4. The maximum absolute atomic E-state index is 14.1. The van der Waals surface area contributed by atoms with Crippen LogP contribution in [0.4, 0.5) is 15.9 Å². The Balaban J connectivity index is 1.51. The van der Waals surface area contributed by atoms with E-state index in [2.05, 4.69) is 14.9 Å². The lowest BCUT2D eigenvalue weighted by Crippen LogP contribution is -2.52. The van der Waals surface area contributed by atoms with E-state index in [1.54, 1.807) is 26.3 Å². The molecule has 0 atom stereocenters. The molecule has 2 aromatic rings. The molecule has 0 saturated carbocycles. The molecule has 2 aliphatic rings. The van der Waals surface area contributed by atoms with Crippen LogP contribution >= 0.6 is 0 Å². The van der Waals surface area contributed by atoms with E-state index >= 15 is 0 Å². The Labute approximate surface area is 163 Å². The number of ether oxygens (including phenoxy) is 2. The lowest BCUT2D eigenvalue weighted by atomic mass is 10.0. The summed E-state index contributed by atoms with van der Waals surface area (Å²) in [4.78, 5) is 24.3. The second-order valence-corrected chi connectivity index (χ2v) is 7.00. The zero-order chi connectivity index (χ0) is 19.7. The highest BCUT2D eigenvalue weighted by atomic mass is 19.1. The smallest absolute Gasteiger partial charge is 0.356 e. The Kier molecular flexibility index (Phi) is 5.13. The molecular weight excluding hydrogens is 363 g/mol. The molecule has 0 bridgehead atoms. The van der Waals surface area contributed by atoms with Crippen molar-refractivity contribution < 1.29 is 18.7 Å². The summed E-state index contributed by atoms with van der Waals surface area (Å²) in [7, 11) is 1.69. The number of esters is 1. The first-order valence-corrected chi connectivity index (χ1v) is 9.42. The largest absolute Gasteiger partial charge is 0.461 e. The molecule has 0 aromatic carbocycles. The summed E-state index contributed by atoms with van der Waals surface area (Å²) >= 11 is 0. The van der Waals surface area contributed by atoms with Gasteiger partial charge in [-0.15, -0.1) is 0 Å². The number of rotatable bonds is 5. The third-order valence-electron chi connectivity index (χ3n) is 5.22. The number of anilines is 2. The monoisotopic (exact) mass is 386 g/mol. The number of hydrogen-bond donors (Lipinski definition) is 0. The van der Waals surface area contributed by atoms with E-state index in [9.17, 15) is 9.18 Å². The van der Waals surface area contributed by atoms with Gasteiger partial charge in [-0.1, -0.05) is 0 Å². The zero-order valence-electron chi connectivity index (χ0n) is 16.0. The SMILES string of the molecule is CCOC(=O)c1cc2c(cn1)CN(c1cc(N3CC(OC)C3)cc(F)n1)CC2. The second-order valence-electron chi connectivity index (χ2n) is 7.00. The second kappa shape index (κ2) is 7.71. The fraction of sp³-hybridized carbons (Fsp3) is 0.450. The molecule has 8 heteroatoms. The molecule has 148 valence electrons. The fourth-order valence-corrected chi connectivity index (χ4v) is 3.57. The van der Waals surface area contributed by atoms with Crippen molar-refractivity contribution in [2.45, 2.75) is 26.0 Å². The van der Waals surface area contributed by atoms with Crippen molar-refractivity contribution in [2.75, 3.05) is 43.2 Å². The Morgan fingerprint density at radius 2 is 2.07 bits per heavy atom. The van der Waals surface area contributed by atoms with Gasteiger partial charge in [0.1, 0.15) is 11.5 Å². The number of methoxy groups -OCH3 is 1. The first kappa shape index (κ1) is 18.6. The highest BCUT2D eigenvalue weighted by Crippen LogP contribution is 2.29. The predicted molar refractivity (Wildman–Crippen MR) is 102 cm³/mol. The van der Waals surface area contributed by atoms with Gasteiger partial charge < -0.3 is 19.3 Å². The molecule has 0 amide bonds. The predicted octanol–water partition coefficient (Wildman–Crippen LogP) is 2.19. The molecule has 4 rings (SSSR count). The average molecular weight is 386 g/mol. The fourth-order valence-electron chi connectivity index (χ4n) is 3.57. The summed E-state index contributed by atoms with van der Waals surface area (Å²) < 4.78 is 24.4. The quantitative estimate of drug-likeness (QED) is 0.576. The molecule has 2 aromatic heterocycles. The van der Waals surface area contributed by atoms with Gasteiger partial charge in [0.05, 0.1) is 12.7 Å². The maximum Gasteiger partial charge on any atom is 0.356 e. The van der Waals surface area contributed by atoms with E-state index in [1.165, 1.54) is 6.07 Å². The van der Waals surface area contributed by atoms with Crippen molar-refractivity contribution in [3.63, 3.8) is 0 Å². The number of carbonyl (C=O) groups excluding carboxylic acids is 1. The van der Waals surface area contributed by atoms with E-state index in [-0.39, 0.29) is 6.10 Å². The zero-order valence-corrected chi connectivity index (χ0v) is 16.0. The van der Waals surface area contributed by atoms with E-state index in [4.69, 9.17) is 9.47 Å². The van der Waals surface area contributed by atoms with Crippen molar-refractivity contribution in [3.8, 4) is 0 Å². The van der Waals surface area contributed by atoms with Gasteiger partial charge in [-0.3, -0.25) is 0 Å². The Hall–Kier alpha value is -2.74. The minimum absolute atomic E-state index is 0.196. The van der Waals surface area contributed by atoms with Crippen LogP contribution in [-0.4, -0.2) is 55.4 Å². The third kappa shape index (κ3) is 3.64. The van der Waals surface area contributed by atoms with Crippen molar-refractivity contribution in [3.05, 3.63) is 47.2 Å². The summed E-state index contributed by atoms with van der Waals surface area (Å²) in [5, 5.41) is 0. The number of pyridine rings is 2. The minimum atomic E-state index is -0.491. The van der Waals surface area contributed by atoms with Crippen LogP contribution in [0, 0.1) is 5.95 Å². The molecule has 1 saturated heterocycles. The van der Waals surface area contributed by atoms with Gasteiger partial charge in [0.15, 0.2) is 0 Å². The minimum Gasteiger partial charge on any atom is -0.461 e. The van der Waals surface area contributed by atoms with E-state index in [0.717, 1.165) is 36.3 Å². The molecular formula is C20H23FN4O3. The van der Waals surface area contributed by atoms with Gasteiger partial charge in [0.25, 0.3) is 0 Å². The highest BCUT2D eigenvalue weighted by molar-refractivity contribution is 5.87. The van der Waals surface area contributed by atoms with Gasteiger partial charge in [-0.2, -0.15) is 4.39 Å². The summed E-state index contributed by atoms with van der Waals surface area (Å²) in [6, 6.07) is 5.17. The topological polar surface area (TPSA) is 67.8 Å². The van der Waals surface area contributed by atoms with E-state index < -0.39 is 11.9 Å². The van der Waals surface area contributed by atoms with Gasteiger partial charge in [0, 0.05) is 57.3 Å². The first-order valence-electron chi connectivity index (χ1n) is 9.42. The number of aromatic nitrogens is 2. The molecule has 2 aliphatic heterocycles. The van der Waals surface area contributed by atoms with E-state index in [0.29, 0.717) is 31.2 Å². The van der Waals surface area contributed by atoms with Gasteiger partial charge in [0.2, 0.25) is 5.95 Å². The Morgan fingerprint density at radius 3 is 2.82 bits per heavy atom. The summed E-state index contributed by atoms with van der Waals surface area (Å²) in [6.07, 6.45) is 2.63. The Morgan fingerprint density at radius 1 is 1.25 bits per heavy atom. The molecule has 0 N–H and O–H groups in total. The van der Waals surface area contributed by atoms with Crippen molar-refractivity contribution >= 4 is 17.5 Å². The molecule has 0 aliphatic carbocycles. The number of fused-ring (bicyclic) bond motifs is 1. The molecule has 7 nitrogen and oxygen atoms in total. The van der Waals surface area contributed by atoms with Crippen LogP contribution in [0.3, 0.4) is 0 Å².